The van der Waals surface area contributed by atoms with Crippen LogP contribution in [0.3, 0.4) is 0 Å². The summed E-state index contributed by atoms with van der Waals surface area (Å²) in [7, 11) is 0. The van der Waals surface area contributed by atoms with E-state index in [1.807, 2.05) is 0 Å². The van der Waals surface area contributed by atoms with Crippen LogP contribution in [-0.2, 0) is 4.74 Å². The largest absolute Gasteiger partial charge is 0.474 e. The lowest BCUT2D eigenvalue weighted by Gasteiger charge is -2.25. The molecule has 24 heavy (non-hydrogen) atoms. The highest BCUT2D eigenvalue weighted by molar-refractivity contribution is 6.19. The van der Waals surface area contributed by atoms with Gasteiger partial charge in [-0.3, -0.25) is 4.79 Å². The van der Waals surface area contributed by atoms with E-state index in [1.165, 1.54) is 0 Å². The molecule has 128 valence electrons. The maximum atomic E-state index is 12.8. The van der Waals surface area contributed by atoms with E-state index in [1.54, 1.807) is 58.0 Å². The highest BCUT2D eigenvalue weighted by Crippen LogP contribution is 2.23. The molecule has 0 aliphatic heterocycles. The Morgan fingerprint density at radius 1 is 1.17 bits per heavy atom. The Kier molecular flexibility index (Phi) is 5.18. The molecule has 0 aliphatic rings. The number of carbonyl (C=O) groups is 2. The molecule has 0 unspecified atom stereocenters. The van der Waals surface area contributed by atoms with Gasteiger partial charge in [-0.15, -0.1) is 0 Å². The average Bonchev–Trinajstić information content (AvgIpc) is 2.95. The summed E-state index contributed by atoms with van der Waals surface area (Å²) < 4.78 is 15.1. The number of anilines is 1. The first-order chi connectivity index (χ1) is 11.3. The maximum absolute atomic E-state index is 12.8. The highest BCUT2D eigenvalue weighted by Gasteiger charge is 2.34. The van der Waals surface area contributed by atoms with Crippen LogP contribution in [0.1, 0.15) is 38.2 Å². The quantitative estimate of drug-likeness (QED) is 0.848. The minimum absolute atomic E-state index is 0.0769. The molecular weight excluding hydrogens is 314 g/mol. The second-order valence-corrected chi connectivity index (χ2v) is 5.81. The fourth-order valence-electron chi connectivity index (χ4n) is 1.84. The molecule has 8 heteroatoms. The van der Waals surface area contributed by atoms with Crippen molar-refractivity contribution in [3.63, 3.8) is 0 Å². The lowest BCUT2D eigenvalue weighted by molar-refractivity contribution is 0.0563. The standard InChI is InChI=1S/C16H19N3O5/c1-5-22-13-12(17-24-18-13)14(20)19(11-9-7-6-8-10-11)15(21)23-16(2,3)4/h6-10H,5H2,1-4H3. The Hall–Kier alpha value is -2.90. The zero-order chi connectivity index (χ0) is 17.7. The van der Waals surface area contributed by atoms with Gasteiger partial charge in [0, 0.05) is 0 Å². The van der Waals surface area contributed by atoms with Gasteiger partial charge in [0.15, 0.2) is 0 Å². The third-order valence-corrected chi connectivity index (χ3v) is 2.74. The van der Waals surface area contributed by atoms with Crippen LogP contribution in [0.5, 0.6) is 5.88 Å². The molecule has 0 aliphatic carbocycles. The topological polar surface area (TPSA) is 94.8 Å². The van der Waals surface area contributed by atoms with Gasteiger partial charge in [0.05, 0.1) is 12.3 Å². The van der Waals surface area contributed by atoms with Crippen LogP contribution in [0, 0.1) is 0 Å². The van der Waals surface area contributed by atoms with Crippen LogP contribution in [0.25, 0.3) is 0 Å². The van der Waals surface area contributed by atoms with Gasteiger partial charge in [-0.05, 0) is 50.1 Å². The van der Waals surface area contributed by atoms with Crippen molar-refractivity contribution < 1.29 is 23.7 Å². The molecule has 0 spiro atoms. The minimum Gasteiger partial charge on any atom is -0.474 e. The molecule has 0 N–H and O–H groups in total. The Balaban J connectivity index is 2.40. The molecule has 2 aromatic rings. The van der Waals surface area contributed by atoms with Gasteiger partial charge in [-0.2, -0.15) is 0 Å². The van der Waals surface area contributed by atoms with Gasteiger partial charge in [0.1, 0.15) is 5.60 Å². The zero-order valence-electron chi connectivity index (χ0n) is 14.0. The summed E-state index contributed by atoms with van der Waals surface area (Å²) in [5.41, 5.74) is -0.636. The van der Waals surface area contributed by atoms with Crippen LogP contribution in [0.15, 0.2) is 35.0 Å². The summed E-state index contributed by atoms with van der Waals surface area (Å²) >= 11 is 0. The summed E-state index contributed by atoms with van der Waals surface area (Å²) in [5.74, 6) is -0.827. The molecule has 1 aromatic heterocycles. The molecule has 2 amide bonds. The van der Waals surface area contributed by atoms with E-state index in [0.29, 0.717) is 5.69 Å². The van der Waals surface area contributed by atoms with E-state index in [4.69, 9.17) is 9.47 Å². The third kappa shape index (κ3) is 4.09. The van der Waals surface area contributed by atoms with Crippen molar-refractivity contribution in [2.24, 2.45) is 0 Å². The second kappa shape index (κ2) is 7.12. The first-order valence-corrected chi connectivity index (χ1v) is 7.41. The van der Waals surface area contributed by atoms with Crippen LogP contribution in [0.4, 0.5) is 10.5 Å². The van der Waals surface area contributed by atoms with Gasteiger partial charge in [0.25, 0.3) is 11.8 Å². The Morgan fingerprint density at radius 2 is 1.83 bits per heavy atom. The van der Waals surface area contributed by atoms with Crippen LogP contribution in [-0.4, -0.2) is 34.5 Å². The van der Waals surface area contributed by atoms with Gasteiger partial charge in [-0.25, -0.2) is 14.3 Å². The molecule has 0 atom stereocenters. The van der Waals surface area contributed by atoms with E-state index >= 15 is 0 Å². The fraction of sp³-hybridized carbons (Fsp3) is 0.375. The summed E-state index contributed by atoms with van der Waals surface area (Å²) in [6.45, 7) is 7.13. The van der Waals surface area contributed by atoms with E-state index < -0.39 is 17.6 Å². The van der Waals surface area contributed by atoms with Gasteiger partial charge in [-0.1, -0.05) is 18.2 Å². The Labute approximate surface area is 139 Å². The van der Waals surface area contributed by atoms with Crippen molar-refractivity contribution in [3.8, 4) is 5.88 Å². The Morgan fingerprint density at radius 3 is 2.42 bits per heavy atom. The predicted molar refractivity (Wildman–Crippen MR) is 85.0 cm³/mol. The molecular formula is C16H19N3O5. The SMILES string of the molecule is CCOc1nonc1C(=O)N(C(=O)OC(C)(C)C)c1ccccc1. The smallest absolute Gasteiger partial charge is 0.422 e. The summed E-state index contributed by atoms with van der Waals surface area (Å²) in [5, 5.41) is 7.08. The normalized spacial score (nSPS) is 11.0. The molecule has 0 fully saturated rings. The first-order valence-electron chi connectivity index (χ1n) is 7.41. The van der Waals surface area contributed by atoms with Crippen molar-refractivity contribution >= 4 is 17.7 Å². The fourth-order valence-corrected chi connectivity index (χ4v) is 1.84. The second-order valence-electron chi connectivity index (χ2n) is 5.81. The van der Waals surface area contributed by atoms with Crippen molar-refractivity contribution in [1.82, 2.24) is 10.3 Å². The summed E-state index contributed by atoms with van der Waals surface area (Å²) in [4.78, 5) is 26.2. The number of amides is 2. The predicted octanol–water partition coefficient (Wildman–Crippen LogP) is 3.05. The van der Waals surface area contributed by atoms with E-state index in [0.717, 1.165) is 4.90 Å². The number of aromatic nitrogens is 2. The van der Waals surface area contributed by atoms with E-state index in [-0.39, 0.29) is 18.2 Å². The van der Waals surface area contributed by atoms with E-state index in [9.17, 15) is 9.59 Å². The van der Waals surface area contributed by atoms with Crippen molar-refractivity contribution in [2.75, 3.05) is 11.5 Å². The van der Waals surface area contributed by atoms with Crippen molar-refractivity contribution in [1.29, 1.82) is 0 Å². The molecule has 0 saturated heterocycles. The van der Waals surface area contributed by atoms with Crippen LogP contribution in [0.2, 0.25) is 0 Å². The number of carbonyl (C=O) groups excluding carboxylic acids is 2. The number of nitrogens with zero attached hydrogens (tertiary/aromatic N) is 3. The van der Waals surface area contributed by atoms with Gasteiger partial charge >= 0.3 is 6.09 Å². The Bertz CT molecular complexity index is 706. The molecule has 1 heterocycles. The maximum Gasteiger partial charge on any atom is 0.422 e. The molecule has 0 bridgehead atoms. The van der Waals surface area contributed by atoms with Gasteiger partial charge < -0.3 is 9.47 Å². The van der Waals surface area contributed by atoms with Crippen LogP contribution >= 0.6 is 0 Å². The number of hydrogen-bond acceptors (Lipinski definition) is 7. The minimum atomic E-state index is -0.829. The lowest BCUT2D eigenvalue weighted by atomic mass is 10.2. The molecule has 2 rings (SSSR count). The zero-order valence-corrected chi connectivity index (χ0v) is 14.0. The molecule has 8 nitrogen and oxygen atoms in total. The average molecular weight is 333 g/mol. The monoisotopic (exact) mass is 333 g/mol. The van der Waals surface area contributed by atoms with Gasteiger partial charge in [0.2, 0.25) is 5.69 Å². The van der Waals surface area contributed by atoms with E-state index in [2.05, 4.69) is 14.9 Å². The first kappa shape index (κ1) is 17.5. The number of benzene rings is 1. The highest BCUT2D eigenvalue weighted by atomic mass is 16.6. The third-order valence-electron chi connectivity index (χ3n) is 2.74. The molecule has 0 saturated carbocycles. The summed E-state index contributed by atoms with van der Waals surface area (Å²) in [6.07, 6.45) is -0.829. The van der Waals surface area contributed by atoms with Crippen LogP contribution < -0.4 is 9.64 Å². The number of imide groups is 1. The number of hydrogen-bond donors (Lipinski definition) is 0. The van der Waals surface area contributed by atoms with Crippen molar-refractivity contribution in [2.45, 2.75) is 33.3 Å². The summed E-state index contributed by atoms with van der Waals surface area (Å²) in [6, 6.07) is 8.38. The molecule has 1 aromatic carbocycles. The lowest BCUT2D eigenvalue weighted by Crippen LogP contribution is -2.41. The number of para-hydroxylation sites is 1. The van der Waals surface area contributed by atoms with Crippen molar-refractivity contribution in [3.05, 3.63) is 36.0 Å². The number of rotatable bonds is 4. The molecule has 0 radical (unpaired) electrons. The number of ether oxygens (including phenoxy) is 2.